The number of nitrogens with one attached hydrogen (secondary N) is 1. The van der Waals surface area contributed by atoms with Gasteiger partial charge in [-0.1, -0.05) is 30.3 Å². The first kappa shape index (κ1) is 23.1. The van der Waals surface area contributed by atoms with Gasteiger partial charge < -0.3 is 10.4 Å². The largest absolute Gasteiger partial charge is 0.480 e. The molecule has 3 rings (SSSR count). The van der Waals surface area contributed by atoms with Crippen molar-refractivity contribution >= 4 is 5.97 Å². The monoisotopic (exact) mass is 446 g/mol. The third-order valence-electron chi connectivity index (χ3n) is 5.16. The van der Waals surface area contributed by atoms with Crippen molar-refractivity contribution in [3.8, 4) is 0 Å². The van der Waals surface area contributed by atoms with Gasteiger partial charge in [0.2, 0.25) is 0 Å². The predicted molar refractivity (Wildman–Crippen MR) is 100.0 cm³/mol. The maximum absolute atomic E-state index is 13.0. The summed E-state index contributed by atoms with van der Waals surface area (Å²) >= 11 is 0. The van der Waals surface area contributed by atoms with E-state index in [-0.39, 0.29) is 24.6 Å². The number of carboxylic acid groups (broad SMARTS) is 1. The van der Waals surface area contributed by atoms with Crippen molar-refractivity contribution in [2.24, 2.45) is 0 Å². The van der Waals surface area contributed by atoms with Gasteiger partial charge in [-0.2, -0.15) is 26.3 Å². The van der Waals surface area contributed by atoms with Crippen LogP contribution in [-0.4, -0.2) is 34.6 Å². The minimum absolute atomic E-state index is 0.0844. The molecule has 0 spiro atoms. The molecule has 10 heteroatoms. The summed E-state index contributed by atoms with van der Waals surface area (Å²) in [6.07, 6.45) is -9.64. The Hall–Kier alpha value is -2.59. The van der Waals surface area contributed by atoms with Crippen LogP contribution in [0.25, 0.3) is 0 Å². The fourth-order valence-corrected chi connectivity index (χ4v) is 3.68. The van der Waals surface area contributed by atoms with E-state index in [1.54, 1.807) is 4.90 Å². The standard InChI is InChI=1S/C21H20F6N2O2/c22-20(23,24)15-6-14(7-16(8-15)21(25,26)27)10-28-17-9-18(19(30)31)29(12-17)11-13-4-2-1-3-5-13/h1-8,17-18,28H,9-12H2,(H,30,31). The van der Waals surface area contributed by atoms with Crippen LogP contribution < -0.4 is 5.32 Å². The summed E-state index contributed by atoms with van der Waals surface area (Å²) in [5.41, 5.74) is -2.02. The number of nitrogens with zero attached hydrogens (tertiary/aromatic N) is 1. The Labute approximate surface area is 174 Å². The van der Waals surface area contributed by atoms with Crippen molar-refractivity contribution in [1.82, 2.24) is 10.2 Å². The SMILES string of the molecule is O=C(O)C1CC(NCc2cc(C(F)(F)F)cc(C(F)(F)F)c2)CN1Cc1ccccc1. The number of hydrogen-bond donors (Lipinski definition) is 2. The molecule has 0 radical (unpaired) electrons. The zero-order valence-corrected chi connectivity index (χ0v) is 16.2. The van der Waals surface area contributed by atoms with Crippen LogP contribution in [0.4, 0.5) is 26.3 Å². The van der Waals surface area contributed by atoms with Crippen molar-refractivity contribution in [2.75, 3.05) is 6.54 Å². The van der Waals surface area contributed by atoms with E-state index < -0.39 is 41.5 Å². The van der Waals surface area contributed by atoms with Gasteiger partial charge in [-0.05, 0) is 35.7 Å². The fourth-order valence-electron chi connectivity index (χ4n) is 3.68. The molecular weight excluding hydrogens is 426 g/mol. The number of halogens is 6. The van der Waals surface area contributed by atoms with E-state index in [0.717, 1.165) is 5.56 Å². The van der Waals surface area contributed by atoms with E-state index in [4.69, 9.17) is 0 Å². The third-order valence-corrected chi connectivity index (χ3v) is 5.16. The molecule has 0 bridgehead atoms. The smallest absolute Gasteiger partial charge is 0.416 e. The van der Waals surface area contributed by atoms with Crippen molar-refractivity contribution in [3.05, 3.63) is 70.8 Å². The average molecular weight is 446 g/mol. The Kier molecular flexibility index (Phi) is 6.61. The molecule has 31 heavy (non-hydrogen) atoms. The quantitative estimate of drug-likeness (QED) is 0.640. The Morgan fingerprint density at radius 2 is 1.55 bits per heavy atom. The molecule has 0 aliphatic carbocycles. The number of rotatable bonds is 6. The van der Waals surface area contributed by atoms with Crippen molar-refractivity contribution < 1.29 is 36.2 Å². The topological polar surface area (TPSA) is 52.6 Å². The first-order chi connectivity index (χ1) is 14.4. The lowest BCUT2D eigenvalue weighted by Crippen LogP contribution is -2.35. The average Bonchev–Trinajstić information content (AvgIpc) is 3.08. The van der Waals surface area contributed by atoms with Gasteiger partial charge in [-0.25, -0.2) is 0 Å². The Morgan fingerprint density at radius 3 is 2.06 bits per heavy atom. The summed E-state index contributed by atoms with van der Waals surface area (Å²) in [4.78, 5) is 13.3. The predicted octanol–water partition coefficient (Wildman–Crippen LogP) is 4.54. The molecule has 1 aliphatic rings. The van der Waals surface area contributed by atoms with Gasteiger partial charge in [0.1, 0.15) is 6.04 Å². The molecule has 2 aromatic rings. The number of hydrogen-bond acceptors (Lipinski definition) is 3. The maximum Gasteiger partial charge on any atom is 0.416 e. The van der Waals surface area contributed by atoms with Gasteiger partial charge in [0.15, 0.2) is 0 Å². The summed E-state index contributed by atoms with van der Waals surface area (Å²) < 4.78 is 78.1. The molecule has 0 aromatic heterocycles. The molecule has 0 amide bonds. The van der Waals surface area contributed by atoms with E-state index in [1.807, 2.05) is 30.3 Å². The summed E-state index contributed by atoms with van der Waals surface area (Å²) in [6.45, 7) is 0.428. The zero-order valence-electron chi connectivity index (χ0n) is 16.2. The fraction of sp³-hybridized carbons (Fsp3) is 0.381. The van der Waals surface area contributed by atoms with Crippen LogP contribution in [0, 0.1) is 0 Å². The number of carboxylic acids is 1. The molecular formula is C21H20F6N2O2. The van der Waals surface area contributed by atoms with Gasteiger partial charge in [-0.15, -0.1) is 0 Å². The van der Waals surface area contributed by atoms with Crippen LogP contribution in [-0.2, 0) is 30.2 Å². The first-order valence-electron chi connectivity index (χ1n) is 9.46. The lowest BCUT2D eigenvalue weighted by Gasteiger charge is -2.21. The Balaban J connectivity index is 1.72. The van der Waals surface area contributed by atoms with Crippen LogP contribution in [0.5, 0.6) is 0 Å². The Morgan fingerprint density at radius 1 is 0.968 bits per heavy atom. The van der Waals surface area contributed by atoms with Gasteiger partial charge in [-0.3, -0.25) is 9.69 Å². The maximum atomic E-state index is 13.0. The molecule has 2 atom stereocenters. The number of benzene rings is 2. The first-order valence-corrected chi connectivity index (χ1v) is 9.46. The second-order valence-electron chi connectivity index (χ2n) is 7.50. The molecule has 1 aliphatic heterocycles. The van der Waals surface area contributed by atoms with Crippen molar-refractivity contribution in [2.45, 2.75) is 43.9 Å². The van der Waals surface area contributed by atoms with E-state index in [0.29, 0.717) is 25.2 Å². The number of aliphatic carboxylic acids is 1. The van der Waals surface area contributed by atoms with E-state index in [1.165, 1.54) is 0 Å². The number of alkyl halides is 6. The number of likely N-dealkylation sites (tertiary alicyclic amines) is 1. The highest BCUT2D eigenvalue weighted by atomic mass is 19.4. The molecule has 2 aromatic carbocycles. The summed E-state index contributed by atoms with van der Waals surface area (Å²) in [7, 11) is 0. The molecule has 2 unspecified atom stereocenters. The van der Waals surface area contributed by atoms with E-state index in [2.05, 4.69) is 5.32 Å². The van der Waals surface area contributed by atoms with Crippen LogP contribution in [0.15, 0.2) is 48.5 Å². The van der Waals surface area contributed by atoms with Crippen LogP contribution in [0.3, 0.4) is 0 Å². The van der Waals surface area contributed by atoms with E-state index >= 15 is 0 Å². The highest BCUT2D eigenvalue weighted by Crippen LogP contribution is 2.36. The minimum atomic E-state index is -4.91. The highest BCUT2D eigenvalue weighted by Gasteiger charge is 2.38. The van der Waals surface area contributed by atoms with Crippen LogP contribution in [0.2, 0.25) is 0 Å². The summed E-state index contributed by atoms with van der Waals surface area (Å²) in [5.74, 6) is -1.03. The highest BCUT2D eigenvalue weighted by molar-refractivity contribution is 5.74. The van der Waals surface area contributed by atoms with E-state index in [9.17, 15) is 36.2 Å². The van der Waals surface area contributed by atoms with Gasteiger partial charge >= 0.3 is 18.3 Å². The molecule has 2 N–H and O–H groups in total. The second kappa shape index (κ2) is 8.88. The number of carbonyl (C=O) groups is 1. The molecule has 0 saturated carbocycles. The summed E-state index contributed by atoms with van der Waals surface area (Å²) in [5, 5.41) is 12.4. The molecule has 4 nitrogen and oxygen atoms in total. The minimum Gasteiger partial charge on any atom is -0.480 e. The normalized spacial score (nSPS) is 20.2. The molecule has 1 fully saturated rings. The molecule has 168 valence electrons. The van der Waals surface area contributed by atoms with Crippen LogP contribution >= 0.6 is 0 Å². The molecule has 1 heterocycles. The van der Waals surface area contributed by atoms with Gasteiger partial charge in [0.25, 0.3) is 0 Å². The zero-order chi connectivity index (χ0) is 22.8. The van der Waals surface area contributed by atoms with Gasteiger partial charge in [0.05, 0.1) is 11.1 Å². The van der Waals surface area contributed by atoms with Gasteiger partial charge in [0, 0.05) is 25.7 Å². The van der Waals surface area contributed by atoms with Crippen molar-refractivity contribution in [3.63, 3.8) is 0 Å². The lowest BCUT2D eigenvalue weighted by atomic mass is 10.0. The lowest BCUT2D eigenvalue weighted by molar-refractivity contribution is -0.144. The van der Waals surface area contributed by atoms with Crippen molar-refractivity contribution in [1.29, 1.82) is 0 Å². The van der Waals surface area contributed by atoms with Crippen LogP contribution in [0.1, 0.15) is 28.7 Å². The molecule has 1 saturated heterocycles. The second-order valence-corrected chi connectivity index (χ2v) is 7.50. The third kappa shape index (κ3) is 5.98. The Bertz CT molecular complexity index is 882. The summed E-state index contributed by atoms with van der Waals surface area (Å²) in [6, 6.07) is 9.41.